The quantitative estimate of drug-likeness (QED) is 0.398. The highest BCUT2D eigenvalue weighted by Crippen LogP contribution is 2.34. The molecule has 188 valence electrons. The van der Waals surface area contributed by atoms with Gasteiger partial charge in [0.15, 0.2) is 5.69 Å². The highest BCUT2D eigenvalue weighted by atomic mass is 16.5. The number of rotatable bonds is 5. The second-order valence-electron chi connectivity index (χ2n) is 9.36. The maximum atomic E-state index is 13.4. The maximum Gasteiger partial charge on any atom is 0.268 e. The zero-order valence-corrected chi connectivity index (χ0v) is 20.7. The Balaban J connectivity index is 1.33. The van der Waals surface area contributed by atoms with Crippen LogP contribution in [0.4, 0.5) is 5.69 Å². The van der Waals surface area contributed by atoms with E-state index < -0.39 is 5.92 Å². The van der Waals surface area contributed by atoms with Crippen molar-refractivity contribution in [1.29, 1.82) is 5.26 Å². The molecule has 8 heteroatoms. The molecule has 2 aliphatic rings. The number of anilines is 1. The third kappa shape index (κ3) is 4.72. The van der Waals surface area contributed by atoms with E-state index >= 15 is 0 Å². The Labute approximate surface area is 220 Å². The van der Waals surface area contributed by atoms with Gasteiger partial charge in [-0.2, -0.15) is 5.26 Å². The van der Waals surface area contributed by atoms with E-state index in [1.54, 1.807) is 6.07 Å². The van der Waals surface area contributed by atoms with Crippen molar-refractivity contribution in [2.45, 2.75) is 12.8 Å². The molecule has 0 saturated carbocycles. The highest BCUT2D eigenvalue weighted by molar-refractivity contribution is 5.94. The number of aromatic nitrogens is 3. The van der Waals surface area contributed by atoms with E-state index in [1.165, 1.54) is 6.20 Å². The van der Waals surface area contributed by atoms with E-state index in [1.807, 2.05) is 42.5 Å². The van der Waals surface area contributed by atoms with Gasteiger partial charge in [0.05, 0.1) is 24.5 Å². The molecule has 8 nitrogen and oxygen atoms in total. The molecule has 1 fully saturated rings. The molecule has 1 saturated heterocycles. The number of carbonyl (C=O) groups excluding carboxylic acids is 1. The largest absolute Gasteiger partial charge is 0.419 e. The van der Waals surface area contributed by atoms with Gasteiger partial charge < -0.3 is 14.1 Å². The number of ketones is 1. The molecule has 0 radical (unpaired) electrons. The zero-order valence-electron chi connectivity index (χ0n) is 20.7. The Morgan fingerprint density at radius 3 is 2.63 bits per heavy atom. The lowest BCUT2D eigenvalue weighted by Gasteiger charge is -2.29. The fraction of sp³-hybridized carbons (Fsp3) is 0.233. The lowest BCUT2D eigenvalue weighted by atomic mass is 9.93. The predicted molar refractivity (Wildman–Crippen MR) is 141 cm³/mol. The highest BCUT2D eigenvalue weighted by Gasteiger charge is 2.27. The van der Waals surface area contributed by atoms with E-state index in [0.717, 1.165) is 28.0 Å². The summed E-state index contributed by atoms with van der Waals surface area (Å²) in [7, 11) is 0. The molecular weight excluding hydrogens is 478 g/mol. The van der Waals surface area contributed by atoms with Crippen molar-refractivity contribution in [1.82, 2.24) is 15.2 Å². The minimum absolute atomic E-state index is 0.105. The van der Waals surface area contributed by atoms with Crippen LogP contribution in [0.25, 0.3) is 17.2 Å². The average Bonchev–Trinajstić information content (AvgIpc) is 3.39. The third-order valence-electron chi connectivity index (χ3n) is 6.95. The first-order chi connectivity index (χ1) is 18.7. The SMILES string of the molecule is N#Cc1cnc(-c2nnc(C[C@H]3C=C(c4ccccc4)c4ccccc4CC3=O)o2)c(N2CCOCC2)c1. The van der Waals surface area contributed by atoms with E-state index in [0.29, 0.717) is 56.3 Å². The van der Waals surface area contributed by atoms with Gasteiger partial charge in [-0.25, -0.2) is 4.98 Å². The Morgan fingerprint density at radius 1 is 1.03 bits per heavy atom. The first-order valence-electron chi connectivity index (χ1n) is 12.6. The first kappa shape index (κ1) is 23.8. The van der Waals surface area contributed by atoms with Crippen molar-refractivity contribution in [2.24, 2.45) is 5.92 Å². The Bertz CT molecular complexity index is 1550. The number of nitriles is 1. The molecular formula is C30H25N5O3. The van der Waals surface area contributed by atoms with Gasteiger partial charge in [-0.05, 0) is 28.3 Å². The van der Waals surface area contributed by atoms with Gasteiger partial charge in [-0.3, -0.25) is 4.79 Å². The number of ether oxygens (including phenoxy) is 1. The number of fused-ring (bicyclic) bond motifs is 1. The van der Waals surface area contributed by atoms with Crippen LogP contribution in [0.1, 0.15) is 28.1 Å². The smallest absolute Gasteiger partial charge is 0.268 e. The van der Waals surface area contributed by atoms with Crippen LogP contribution in [0.2, 0.25) is 0 Å². The molecule has 0 bridgehead atoms. The van der Waals surface area contributed by atoms with Crippen molar-refractivity contribution >= 4 is 17.0 Å². The van der Waals surface area contributed by atoms with Gasteiger partial charge in [0.2, 0.25) is 5.89 Å². The molecule has 2 aromatic carbocycles. The molecule has 4 aromatic rings. The van der Waals surface area contributed by atoms with Crippen LogP contribution in [-0.2, 0) is 22.4 Å². The van der Waals surface area contributed by atoms with Crippen LogP contribution in [-0.4, -0.2) is 47.3 Å². The van der Waals surface area contributed by atoms with Crippen molar-refractivity contribution in [3.63, 3.8) is 0 Å². The summed E-state index contributed by atoms with van der Waals surface area (Å²) < 4.78 is 11.6. The molecule has 2 aromatic heterocycles. The number of hydrogen-bond donors (Lipinski definition) is 0. The molecule has 1 atom stereocenters. The third-order valence-corrected chi connectivity index (χ3v) is 6.95. The van der Waals surface area contributed by atoms with E-state index in [9.17, 15) is 10.1 Å². The summed E-state index contributed by atoms with van der Waals surface area (Å²) in [5.74, 6) is 0.321. The fourth-order valence-corrected chi connectivity index (χ4v) is 5.03. The second kappa shape index (κ2) is 10.4. The summed E-state index contributed by atoms with van der Waals surface area (Å²) in [6.45, 7) is 2.53. The van der Waals surface area contributed by atoms with Crippen molar-refractivity contribution in [2.75, 3.05) is 31.2 Å². The molecule has 1 aliphatic heterocycles. The van der Waals surface area contributed by atoms with Gasteiger partial charge >= 0.3 is 0 Å². The van der Waals surface area contributed by atoms with Crippen LogP contribution < -0.4 is 4.90 Å². The number of benzene rings is 2. The number of allylic oxidation sites excluding steroid dienone is 1. The Morgan fingerprint density at radius 2 is 1.82 bits per heavy atom. The summed E-state index contributed by atoms with van der Waals surface area (Å²) >= 11 is 0. The van der Waals surface area contributed by atoms with Gasteiger partial charge in [0.1, 0.15) is 11.9 Å². The standard InChI is InChI=1S/C30H25N5O3/c31-18-20-14-26(35-10-12-37-13-11-35)29(32-19-20)30-34-33-28(38-30)17-23-15-25(21-6-2-1-3-7-21)24-9-5-4-8-22(24)16-27(23)36/h1-9,14-15,19,23H,10-13,16-17H2/t23-/m1/s1. The summed E-state index contributed by atoms with van der Waals surface area (Å²) in [5.41, 5.74) is 5.90. The van der Waals surface area contributed by atoms with Crippen molar-refractivity contribution in [3.05, 3.63) is 101 Å². The zero-order chi connectivity index (χ0) is 25.9. The number of carbonyl (C=O) groups is 1. The molecule has 3 heterocycles. The van der Waals surface area contributed by atoms with Crippen molar-refractivity contribution < 1.29 is 13.9 Å². The number of nitrogens with zero attached hydrogens (tertiary/aromatic N) is 5. The van der Waals surface area contributed by atoms with Gasteiger partial charge in [0, 0.05) is 38.0 Å². The summed E-state index contributed by atoms with van der Waals surface area (Å²) in [6.07, 6.45) is 4.17. The summed E-state index contributed by atoms with van der Waals surface area (Å²) in [6, 6.07) is 22.1. The van der Waals surface area contributed by atoms with Gasteiger partial charge in [-0.15, -0.1) is 10.2 Å². The topological polar surface area (TPSA) is 105 Å². The molecule has 0 unspecified atom stereocenters. The molecule has 1 aliphatic carbocycles. The van der Waals surface area contributed by atoms with Gasteiger partial charge in [-0.1, -0.05) is 60.7 Å². The molecule has 38 heavy (non-hydrogen) atoms. The monoisotopic (exact) mass is 503 g/mol. The molecule has 0 amide bonds. The lowest BCUT2D eigenvalue weighted by Crippen LogP contribution is -2.36. The average molecular weight is 504 g/mol. The fourth-order valence-electron chi connectivity index (χ4n) is 5.03. The van der Waals surface area contributed by atoms with Crippen LogP contribution in [0.3, 0.4) is 0 Å². The number of hydrogen-bond acceptors (Lipinski definition) is 8. The summed E-state index contributed by atoms with van der Waals surface area (Å²) in [4.78, 5) is 20.0. The maximum absolute atomic E-state index is 13.4. The predicted octanol–water partition coefficient (Wildman–Crippen LogP) is 4.26. The minimum atomic E-state index is -0.418. The summed E-state index contributed by atoms with van der Waals surface area (Å²) in [5, 5.41) is 18.0. The Kier molecular flexibility index (Phi) is 6.51. The molecule has 6 rings (SSSR count). The molecule has 0 N–H and O–H groups in total. The van der Waals surface area contributed by atoms with E-state index in [-0.39, 0.29) is 11.7 Å². The lowest BCUT2D eigenvalue weighted by molar-refractivity contribution is -0.120. The number of Topliss-reactive ketones (excluding diaryl/α,β-unsaturated/α-hetero) is 1. The van der Waals surface area contributed by atoms with Crippen molar-refractivity contribution in [3.8, 4) is 17.7 Å². The number of morpholine rings is 1. The normalized spacial score (nSPS) is 17.3. The van der Waals surface area contributed by atoms with E-state index in [4.69, 9.17) is 9.15 Å². The molecule has 0 spiro atoms. The van der Waals surface area contributed by atoms with E-state index in [2.05, 4.69) is 44.3 Å². The minimum Gasteiger partial charge on any atom is -0.419 e. The van der Waals surface area contributed by atoms with Crippen LogP contribution in [0.15, 0.2) is 77.4 Å². The van der Waals surface area contributed by atoms with Crippen LogP contribution >= 0.6 is 0 Å². The van der Waals surface area contributed by atoms with Gasteiger partial charge in [0.25, 0.3) is 5.89 Å². The number of pyridine rings is 1. The second-order valence-corrected chi connectivity index (χ2v) is 9.36. The Hall–Kier alpha value is -4.61. The van der Waals surface area contributed by atoms with Crippen LogP contribution in [0, 0.1) is 17.2 Å². The van der Waals surface area contributed by atoms with Crippen LogP contribution in [0.5, 0.6) is 0 Å². The first-order valence-corrected chi connectivity index (χ1v) is 12.6.